The summed E-state index contributed by atoms with van der Waals surface area (Å²) in [5.74, 6) is 0.761. The Morgan fingerprint density at radius 2 is 1.95 bits per heavy atom. The number of nitrogens with one attached hydrogen (secondary N) is 1. The molecule has 0 radical (unpaired) electrons. The van der Waals surface area contributed by atoms with Crippen LogP contribution in [0.5, 0.6) is 0 Å². The molecule has 114 valence electrons. The Kier molecular flexibility index (Phi) is 7.33. The Morgan fingerprint density at radius 3 is 2.47 bits per heavy atom. The van der Waals surface area contributed by atoms with Gasteiger partial charge >= 0.3 is 0 Å². The third-order valence-electron chi connectivity index (χ3n) is 4.56. The van der Waals surface area contributed by atoms with Gasteiger partial charge in [0, 0.05) is 37.8 Å². The van der Waals surface area contributed by atoms with Crippen molar-refractivity contribution in [2.45, 2.75) is 65.5 Å². The fourth-order valence-corrected chi connectivity index (χ4v) is 3.13. The summed E-state index contributed by atoms with van der Waals surface area (Å²) in [7, 11) is 0. The maximum Gasteiger partial charge on any atom is 0.0593 e. The van der Waals surface area contributed by atoms with Gasteiger partial charge in [-0.2, -0.15) is 0 Å². The largest absolute Gasteiger partial charge is 0.380 e. The normalized spacial score (nSPS) is 24.0. The minimum Gasteiger partial charge on any atom is -0.380 e. The Balaban J connectivity index is 2.62. The zero-order chi connectivity index (χ0) is 14.3. The maximum atomic E-state index is 5.56. The molecule has 0 saturated carbocycles. The molecule has 3 nitrogen and oxygen atoms in total. The average Bonchev–Trinajstić information content (AvgIpc) is 2.40. The minimum absolute atomic E-state index is 0.319. The SMILES string of the molecule is CCOCCN1CC(CC)(CC)NCC1CC(C)C. The van der Waals surface area contributed by atoms with Crippen molar-refractivity contribution in [2.24, 2.45) is 5.92 Å². The molecule has 1 unspecified atom stereocenters. The van der Waals surface area contributed by atoms with E-state index in [-0.39, 0.29) is 0 Å². The van der Waals surface area contributed by atoms with Gasteiger partial charge in [0.05, 0.1) is 6.61 Å². The lowest BCUT2D eigenvalue weighted by molar-refractivity contribution is 0.0329. The van der Waals surface area contributed by atoms with E-state index in [9.17, 15) is 0 Å². The molecule has 1 saturated heterocycles. The Hall–Kier alpha value is -0.120. The second-order valence-electron chi connectivity index (χ2n) is 6.32. The zero-order valence-electron chi connectivity index (χ0n) is 13.7. The molecular formula is C16H34N2O. The molecule has 1 atom stereocenters. The lowest BCUT2D eigenvalue weighted by Crippen LogP contribution is -2.64. The van der Waals surface area contributed by atoms with E-state index in [1.54, 1.807) is 0 Å². The van der Waals surface area contributed by atoms with Gasteiger partial charge in [-0.3, -0.25) is 4.90 Å². The minimum atomic E-state index is 0.319. The van der Waals surface area contributed by atoms with Gasteiger partial charge in [-0.1, -0.05) is 27.7 Å². The molecule has 0 aromatic carbocycles. The summed E-state index contributed by atoms with van der Waals surface area (Å²) in [6, 6.07) is 0.673. The van der Waals surface area contributed by atoms with Crippen LogP contribution in [0, 0.1) is 5.92 Å². The van der Waals surface area contributed by atoms with Crippen molar-refractivity contribution in [2.75, 3.05) is 32.8 Å². The number of rotatable bonds is 8. The van der Waals surface area contributed by atoms with Crippen molar-refractivity contribution in [3.05, 3.63) is 0 Å². The number of hydrogen-bond acceptors (Lipinski definition) is 3. The zero-order valence-corrected chi connectivity index (χ0v) is 13.7. The van der Waals surface area contributed by atoms with Crippen LogP contribution in [-0.4, -0.2) is 49.3 Å². The van der Waals surface area contributed by atoms with E-state index in [1.165, 1.54) is 25.8 Å². The van der Waals surface area contributed by atoms with Crippen LogP contribution in [0.1, 0.15) is 53.9 Å². The summed E-state index contributed by atoms with van der Waals surface area (Å²) in [6.45, 7) is 16.4. The van der Waals surface area contributed by atoms with Crippen molar-refractivity contribution in [1.29, 1.82) is 0 Å². The highest BCUT2D eigenvalue weighted by atomic mass is 16.5. The average molecular weight is 270 g/mol. The number of piperazine rings is 1. The predicted octanol–water partition coefficient (Wildman–Crippen LogP) is 2.90. The number of nitrogens with zero attached hydrogens (tertiary/aromatic N) is 1. The maximum absolute atomic E-state index is 5.56. The van der Waals surface area contributed by atoms with Crippen LogP contribution < -0.4 is 5.32 Å². The molecule has 1 fully saturated rings. The molecule has 3 heteroatoms. The second kappa shape index (κ2) is 8.23. The summed E-state index contributed by atoms with van der Waals surface area (Å²) in [4.78, 5) is 2.67. The Labute approximate surface area is 120 Å². The fourth-order valence-electron chi connectivity index (χ4n) is 3.13. The standard InChI is InChI=1S/C16H34N2O/c1-6-16(7-2)13-18(9-10-19-8-3)15(12-17-16)11-14(4)5/h14-15,17H,6-13H2,1-5H3. The van der Waals surface area contributed by atoms with Gasteiger partial charge in [0.2, 0.25) is 0 Å². The van der Waals surface area contributed by atoms with Gasteiger partial charge in [-0.05, 0) is 32.1 Å². The van der Waals surface area contributed by atoms with Crippen molar-refractivity contribution in [3.8, 4) is 0 Å². The fraction of sp³-hybridized carbons (Fsp3) is 1.00. The topological polar surface area (TPSA) is 24.5 Å². The van der Waals surface area contributed by atoms with Crippen molar-refractivity contribution < 1.29 is 4.74 Å². The lowest BCUT2D eigenvalue weighted by atomic mass is 9.87. The van der Waals surface area contributed by atoms with Crippen LogP contribution in [0.4, 0.5) is 0 Å². The molecule has 0 amide bonds. The molecule has 1 aliphatic rings. The van der Waals surface area contributed by atoms with Gasteiger partial charge in [0.25, 0.3) is 0 Å². The molecular weight excluding hydrogens is 236 g/mol. The van der Waals surface area contributed by atoms with Gasteiger partial charge < -0.3 is 10.1 Å². The Morgan fingerprint density at radius 1 is 1.26 bits per heavy atom. The predicted molar refractivity (Wildman–Crippen MR) is 82.6 cm³/mol. The summed E-state index contributed by atoms with van der Waals surface area (Å²) in [6.07, 6.45) is 3.70. The van der Waals surface area contributed by atoms with Gasteiger partial charge in [0.1, 0.15) is 0 Å². The second-order valence-corrected chi connectivity index (χ2v) is 6.32. The van der Waals surface area contributed by atoms with E-state index >= 15 is 0 Å². The van der Waals surface area contributed by atoms with E-state index in [2.05, 4.69) is 44.8 Å². The summed E-state index contributed by atoms with van der Waals surface area (Å²) in [5.41, 5.74) is 0.319. The summed E-state index contributed by atoms with van der Waals surface area (Å²) >= 11 is 0. The van der Waals surface area contributed by atoms with Gasteiger partial charge in [-0.15, -0.1) is 0 Å². The van der Waals surface area contributed by atoms with E-state index in [0.717, 1.165) is 32.2 Å². The highest BCUT2D eigenvalue weighted by molar-refractivity contribution is 4.96. The van der Waals surface area contributed by atoms with Crippen LogP contribution >= 0.6 is 0 Å². The smallest absolute Gasteiger partial charge is 0.0593 e. The molecule has 0 bridgehead atoms. The monoisotopic (exact) mass is 270 g/mol. The quantitative estimate of drug-likeness (QED) is 0.686. The van der Waals surface area contributed by atoms with E-state index in [0.29, 0.717) is 11.6 Å². The highest BCUT2D eigenvalue weighted by Gasteiger charge is 2.36. The first-order valence-corrected chi connectivity index (χ1v) is 8.13. The molecule has 0 spiro atoms. The Bertz CT molecular complexity index is 239. The number of ether oxygens (including phenoxy) is 1. The number of hydrogen-bond donors (Lipinski definition) is 1. The third kappa shape index (κ3) is 5.05. The molecule has 1 heterocycles. The molecule has 0 aromatic rings. The first kappa shape index (κ1) is 16.9. The molecule has 19 heavy (non-hydrogen) atoms. The van der Waals surface area contributed by atoms with E-state index in [4.69, 9.17) is 4.74 Å². The summed E-state index contributed by atoms with van der Waals surface area (Å²) < 4.78 is 5.56. The van der Waals surface area contributed by atoms with Crippen LogP contribution in [0.3, 0.4) is 0 Å². The van der Waals surface area contributed by atoms with Gasteiger partial charge in [0.15, 0.2) is 0 Å². The van der Waals surface area contributed by atoms with Crippen molar-refractivity contribution in [1.82, 2.24) is 10.2 Å². The molecule has 1 aliphatic heterocycles. The molecule has 0 aliphatic carbocycles. The molecule has 1 rings (SSSR count). The third-order valence-corrected chi connectivity index (χ3v) is 4.56. The van der Waals surface area contributed by atoms with Crippen molar-refractivity contribution >= 4 is 0 Å². The van der Waals surface area contributed by atoms with Gasteiger partial charge in [-0.25, -0.2) is 0 Å². The first-order valence-electron chi connectivity index (χ1n) is 8.13. The van der Waals surface area contributed by atoms with Crippen LogP contribution in [0.25, 0.3) is 0 Å². The lowest BCUT2D eigenvalue weighted by Gasteiger charge is -2.48. The van der Waals surface area contributed by atoms with Crippen LogP contribution in [-0.2, 0) is 4.74 Å². The van der Waals surface area contributed by atoms with Crippen molar-refractivity contribution in [3.63, 3.8) is 0 Å². The van der Waals surface area contributed by atoms with E-state index in [1.807, 2.05) is 0 Å². The van der Waals surface area contributed by atoms with Crippen LogP contribution in [0.2, 0.25) is 0 Å². The summed E-state index contributed by atoms with van der Waals surface area (Å²) in [5, 5.41) is 3.83. The molecule has 0 aromatic heterocycles. The van der Waals surface area contributed by atoms with Crippen LogP contribution in [0.15, 0.2) is 0 Å². The van der Waals surface area contributed by atoms with E-state index < -0.39 is 0 Å². The highest BCUT2D eigenvalue weighted by Crippen LogP contribution is 2.25. The molecule has 1 N–H and O–H groups in total. The first-order chi connectivity index (χ1) is 9.06.